The molecule has 112 valence electrons. The molecule has 21 heavy (non-hydrogen) atoms. The first-order valence-corrected chi connectivity index (χ1v) is 7.70. The van der Waals surface area contributed by atoms with Crippen molar-refractivity contribution in [3.8, 4) is 11.5 Å². The van der Waals surface area contributed by atoms with Gasteiger partial charge in [0.1, 0.15) is 12.6 Å². The van der Waals surface area contributed by atoms with Gasteiger partial charge in [0.15, 0.2) is 11.5 Å². The average Bonchev–Trinajstić information content (AvgIpc) is 2.72. The van der Waals surface area contributed by atoms with E-state index in [9.17, 15) is 5.11 Å². The van der Waals surface area contributed by atoms with Crippen LogP contribution in [0.1, 0.15) is 24.0 Å². The van der Waals surface area contributed by atoms with Gasteiger partial charge >= 0.3 is 0 Å². The van der Waals surface area contributed by atoms with Gasteiger partial charge in [-0.15, -0.1) is 0 Å². The maximum atomic E-state index is 9.98. The predicted molar refractivity (Wildman–Crippen MR) is 78.9 cm³/mol. The van der Waals surface area contributed by atoms with Crippen molar-refractivity contribution in [3.05, 3.63) is 35.4 Å². The number of quaternary nitrogens is 1. The number of aliphatic hydroxyl groups is 1. The van der Waals surface area contributed by atoms with Gasteiger partial charge < -0.3 is 19.5 Å². The van der Waals surface area contributed by atoms with Gasteiger partial charge in [-0.05, 0) is 12.1 Å². The average molecular weight is 288 g/mol. The van der Waals surface area contributed by atoms with Gasteiger partial charge in [0, 0.05) is 24.0 Å². The van der Waals surface area contributed by atoms with Gasteiger partial charge in [0.2, 0.25) is 0 Å². The van der Waals surface area contributed by atoms with Crippen molar-refractivity contribution >= 4 is 0 Å². The second kappa shape index (κ2) is 4.49. The highest BCUT2D eigenvalue weighted by molar-refractivity contribution is 5.60. The molecule has 4 nitrogen and oxygen atoms in total. The Morgan fingerprint density at radius 1 is 1.43 bits per heavy atom. The minimum absolute atomic E-state index is 0.0217. The summed E-state index contributed by atoms with van der Waals surface area (Å²) in [6.45, 7) is 2.12. The van der Waals surface area contributed by atoms with E-state index < -0.39 is 6.10 Å². The molecule has 2 aliphatic heterocycles. The zero-order valence-electron chi connectivity index (χ0n) is 12.6. The van der Waals surface area contributed by atoms with E-state index in [1.54, 1.807) is 7.11 Å². The Morgan fingerprint density at radius 2 is 2.29 bits per heavy atom. The summed E-state index contributed by atoms with van der Waals surface area (Å²) in [7, 11) is 3.93. The molecule has 2 heterocycles. The lowest BCUT2D eigenvalue weighted by Gasteiger charge is -2.35. The van der Waals surface area contributed by atoms with Crippen LogP contribution in [0.5, 0.6) is 11.5 Å². The Balaban J connectivity index is 1.95. The van der Waals surface area contributed by atoms with Crippen LogP contribution >= 0.6 is 0 Å². The van der Waals surface area contributed by atoms with E-state index >= 15 is 0 Å². The highest BCUT2D eigenvalue weighted by atomic mass is 16.5. The highest BCUT2D eigenvalue weighted by Gasteiger charge is 2.53. The van der Waals surface area contributed by atoms with Crippen molar-refractivity contribution in [2.24, 2.45) is 0 Å². The van der Waals surface area contributed by atoms with Crippen molar-refractivity contribution < 1.29 is 19.5 Å². The molecular formula is C17H22NO3+. The molecule has 1 aliphatic carbocycles. The Kier molecular flexibility index (Phi) is 2.81. The van der Waals surface area contributed by atoms with Crippen molar-refractivity contribution in [2.45, 2.75) is 37.0 Å². The summed E-state index contributed by atoms with van der Waals surface area (Å²) in [5, 5.41) is 9.98. The van der Waals surface area contributed by atoms with E-state index in [1.807, 2.05) is 12.1 Å². The van der Waals surface area contributed by atoms with Gasteiger partial charge in [-0.2, -0.15) is 0 Å². The normalized spacial score (nSPS) is 36.4. The first-order chi connectivity index (χ1) is 10.1. The Morgan fingerprint density at radius 3 is 3.10 bits per heavy atom. The van der Waals surface area contributed by atoms with Crippen LogP contribution in [0, 0.1) is 0 Å². The number of hydrogen-bond donors (Lipinski definition) is 2. The number of rotatable bonds is 1. The third-order valence-corrected chi connectivity index (χ3v) is 5.26. The SMILES string of the molecule is COc1ccc2c3c1OC1CC(O)C=CC31CC[NH+](C)C2. The number of benzene rings is 1. The van der Waals surface area contributed by atoms with Gasteiger partial charge in [-0.25, -0.2) is 0 Å². The minimum Gasteiger partial charge on any atom is -0.493 e. The smallest absolute Gasteiger partial charge is 0.166 e. The monoisotopic (exact) mass is 288 g/mol. The minimum atomic E-state index is -0.405. The van der Waals surface area contributed by atoms with E-state index in [-0.39, 0.29) is 11.5 Å². The molecular weight excluding hydrogens is 266 g/mol. The van der Waals surface area contributed by atoms with Gasteiger partial charge in [0.05, 0.1) is 32.2 Å². The van der Waals surface area contributed by atoms with Crippen LogP contribution in [-0.2, 0) is 12.0 Å². The zero-order valence-corrected chi connectivity index (χ0v) is 12.6. The summed E-state index contributed by atoms with van der Waals surface area (Å²) in [4.78, 5) is 1.52. The lowest BCUT2D eigenvalue weighted by Crippen LogP contribution is -3.07. The van der Waals surface area contributed by atoms with Crippen LogP contribution < -0.4 is 14.4 Å². The molecule has 0 aromatic heterocycles. The molecule has 1 spiro atoms. The molecule has 4 unspecified atom stereocenters. The standard InChI is InChI=1S/C17H21NO3/c1-18-8-7-17-6-5-12(19)9-14(17)21-16-13(20-2)4-3-11(10-18)15(16)17/h3-6,12,14,19H,7-10H2,1-2H3/p+1. The van der Waals surface area contributed by atoms with Crippen molar-refractivity contribution in [3.63, 3.8) is 0 Å². The predicted octanol–water partition coefficient (Wildman–Crippen LogP) is 0.433. The summed E-state index contributed by atoms with van der Waals surface area (Å²) in [6, 6.07) is 4.19. The van der Waals surface area contributed by atoms with Crippen LogP contribution in [-0.4, -0.2) is 38.0 Å². The van der Waals surface area contributed by atoms with Crippen LogP contribution in [0.15, 0.2) is 24.3 Å². The van der Waals surface area contributed by atoms with Gasteiger partial charge in [-0.3, -0.25) is 0 Å². The number of methoxy groups -OCH3 is 1. The second-order valence-electron chi connectivity index (χ2n) is 6.57. The number of nitrogens with one attached hydrogen (secondary N) is 1. The molecule has 1 aromatic rings. The molecule has 0 radical (unpaired) electrons. The Bertz CT molecular complexity index is 612. The van der Waals surface area contributed by atoms with Crippen LogP contribution in [0.2, 0.25) is 0 Å². The molecule has 0 amide bonds. The fraction of sp³-hybridized carbons (Fsp3) is 0.529. The summed E-state index contributed by atoms with van der Waals surface area (Å²) in [5.41, 5.74) is 2.56. The number of aliphatic hydroxyl groups excluding tert-OH is 1. The zero-order chi connectivity index (χ0) is 14.6. The van der Waals surface area contributed by atoms with E-state index in [0.29, 0.717) is 6.42 Å². The molecule has 0 saturated carbocycles. The lowest BCUT2D eigenvalue weighted by molar-refractivity contribution is -0.893. The largest absolute Gasteiger partial charge is 0.493 e. The molecule has 4 heteroatoms. The van der Waals surface area contributed by atoms with Crippen LogP contribution in [0.4, 0.5) is 0 Å². The third kappa shape index (κ3) is 1.75. The second-order valence-corrected chi connectivity index (χ2v) is 6.57. The first-order valence-electron chi connectivity index (χ1n) is 7.70. The van der Waals surface area contributed by atoms with Gasteiger partial charge in [-0.1, -0.05) is 12.2 Å². The molecule has 0 saturated heterocycles. The third-order valence-electron chi connectivity index (χ3n) is 5.26. The Hall–Kier alpha value is -1.52. The first kappa shape index (κ1) is 13.2. The Labute approximate surface area is 125 Å². The molecule has 2 N–H and O–H groups in total. The lowest BCUT2D eigenvalue weighted by atomic mass is 9.69. The van der Waals surface area contributed by atoms with E-state index in [4.69, 9.17) is 9.47 Å². The van der Waals surface area contributed by atoms with E-state index in [0.717, 1.165) is 31.0 Å². The topological polar surface area (TPSA) is 43.1 Å². The van der Waals surface area contributed by atoms with Crippen molar-refractivity contribution in [1.29, 1.82) is 0 Å². The molecule has 4 rings (SSSR count). The summed E-state index contributed by atoms with van der Waals surface area (Å²) in [5.74, 6) is 1.71. The maximum Gasteiger partial charge on any atom is 0.166 e. The van der Waals surface area contributed by atoms with Crippen molar-refractivity contribution in [2.75, 3.05) is 20.7 Å². The van der Waals surface area contributed by atoms with E-state index in [2.05, 4.69) is 19.2 Å². The van der Waals surface area contributed by atoms with Crippen LogP contribution in [0.3, 0.4) is 0 Å². The van der Waals surface area contributed by atoms with Crippen molar-refractivity contribution in [1.82, 2.24) is 0 Å². The molecule has 3 aliphatic rings. The molecule has 4 atom stereocenters. The summed E-state index contributed by atoms with van der Waals surface area (Å²) >= 11 is 0. The van der Waals surface area contributed by atoms with Gasteiger partial charge in [0.25, 0.3) is 0 Å². The summed E-state index contributed by atoms with van der Waals surface area (Å²) in [6.07, 6.45) is 5.47. The number of hydrogen-bond acceptors (Lipinski definition) is 3. The maximum absolute atomic E-state index is 9.98. The van der Waals surface area contributed by atoms with E-state index in [1.165, 1.54) is 16.0 Å². The quantitative estimate of drug-likeness (QED) is 0.737. The fourth-order valence-electron chi connectivity index (χ4n) is 4.18. The molecule has 1 aromatic carbocycles. The molecule has 0 bridgehead atoms. The highest BCUT2D eigenvalue weighted by Crippen LogP contribution is 2.54. The van der Waals surface area contributed by atoms with Crippen LogP contribution in [0.25, 0.3) is 0 Å². The molecule has 0 fully saturated rings. The fourth-order valence-corrected chi connectivity index (χ4v) is 4.18. The number of ether oxygens (including phenoxy) is 2. The summed E-state index contributed by atoms with van der Waals surface area (Å²) < 4.78 is 11.8.